The molecule has 0 saturated carbocycles. The fourth-order valence-electron chi connectivity index (χ4n) is 1.86. The van der Waals surface area contributed by atoms with E-state index in [2.05, 4.69) is 49.8 Å². The maximum Gasteiger partial charge on any atom is 0.0510 e. The molecule has 1 aliphatic heterocycles. The second-order valence-corrected chi connectivity index (χ2v) is 4.00. The number of hydrogen-bond donors (Lipinski definition) is 0. The number of rotatable bonds is 4. The van der Waals surface area contributed by atoms with Crippen LogP contribution in [0.15, 0.2) is 60.4 Å². The summed E-state index contributed by atoms with van der Waals surface area (Å²) in [6.45, 7) is 7.90. The Kier molecular flexibility index (Phi) is 4.84. The summed E-state index contributed by atoms with van der Waals surface area (Å²) in [5.74, 6) is 0. The normalized spacial score (nSPS) is 22.2. The first-order valence-electron chi connectivity index (χ1n) is 5.72. The van der Waals surface area contributed by atoms with E-state index >= 15 is 0 Å². The number of allylic oxidation sites excluding steroid dienone is 7. The molecule has 1 unspecified atom stereocenters. The molecule has 0 N–H and O–H groups in total. The van der Waals surface area contributed by atoms with Gasteiger partial charge in [-0.25, -0.2) is 0 Å². The van der Waals surface area contributed by atoms with Crippen molar-refractivity contribution in [3.63, 3.8) is 0 Å². The van der Waals surface area contributed by atoms with Gasteiger partial charge in [-0.3, -0.25) is 0 Å². The van der Waals surface area contributed by atoms with Crippen LogP contribution in [0, 0.1) is 0 Å². The van der Waals surface area contributed by atoms with E-state index < -0.39 is 0 Å². The van der Waals surface area contributed by atoms with Crippen LogP contribution in [0.1, 0.15) is 20.3 Å². The summed E-state index contributed by atoms with van der Waals surface area (Å²) in [6.07, 6.45) is 15.6. The van der Waals surface area contributed by atoms with Crippen LogP contribution in [0.3, 0.4) is 0 Å². The molecule has 1 heterocycles. The average molecular weight is 215 g/mol. The van der Waals surface area contributed by atoms with Crippen molar-refractivity contribution in [1.29, 1.82) is 0 Å². The van der Waals surface area contributed by atoms with E-state index in [-0.39, 0.29) is 0 Å². The Morgan fingerprint density at radius 2 is 2.06 bits per heavy atom. The lowest BCUT2D eigenvalue weighted by atomic mass is 10.1. The third-order valence-electron chi connectivity index (χ3n) is 2.99. The highest BCUT2D eigenvalue weighted by molar-refractivity contribution is 5.33. The van der Waals surface area contributed by atoms with Crippen molar-refractivity contribution in [2.24, 2.45) is 0 Å². The van der Waals surface area contributed by atoms with Crippen LogP contribution in [-0.4, -0.2) is 18.0 Å². The standard InChI is InChI=1S/C15H21N/c1-5-7-9-11-15-12-14(10-8-6-2)13(3)16(15)4/h5-11,15H,2,12H2,1,3-4H3/b7-5-,10-8-,11-9-. The molecule has 86 valence electrons. The van der Waals surface area contributed by atoms with Gasteiger partial charge in [0, 0.05) is 12.7 Å². The zero-order valence-electron chi connectivity index (χ0n) is 10.5. The molecule has 1 atom stereocenters. The van der Waals surface area contributed by atoms with Crippen LogP contribution in [-0.2, 0) is 0 Å². The zero-order chi connectivity index (χ0) is 12.0. The van der Waals surface area contributed by atoms with Gasteiger partial charge in [0.25, 0.3) is 0 Å². The first kappa shape index (κ1) is 12.6. The minimum atomic E-state index is 0.487. The van der Waals surface area contributed by atoms with Crippen molar-refractivity contribution in [3.8, 4) is 0 Å². The Bertz CT molecular complexity index is 356. The summed E-state index contributed by atoms with van der Waals surface area (Å²) >= 11 is 0. The second kappa shape index (κ2) is 6.16. The Morgan fingerprint density at radius 3 is 2.69 bits per heavy atom. The first-order valence-corrected chi connectivity index (χ1v) is 5.72. The molecule has 0 saturated heterocycles. The Labute approximate surface area is 99.2 Å². The van der Waals surface area contributed by atoms with E-state index in [0.717, 1.165) is 6.42 Å². The van der Waals surface area contributed by atoms with E-state index in [9.17, 15) is 0 Å². The quantitative estimate of drug-likeness (QED) is 0.644. The van der Waals surface area contributed by atoms with Gasteiger partial charge in [-0.1, -0.05) is 49.1 Å². The maximum atomic E-state index is 3.70. The molecule has 1 aliphatic rings. The first-order chi connectivity index (χ1) is 7.70. The molecule has 0 radical (unpaired) electrons. The minimum Gasteiger partial charge on any atom is -0.371 e. The summed E-state index contributed by atoms with van der Waals surface area (Å²) in [7, 11) is 2.15. The van der Waals surface area contributed by atoms with Crippen LogP contribution >= 0.6 is 0 Å². The Morgan fingerprint density at radius 1 is 1.31 bits per heavy atom. The highest BCUT2D eigenvalue weighted by atomic mass is 15.2. The number of nitrogens with zero attached hydrogens (tertiary/aromatic N) is 1. The van der Waals surface area contributed by atoms with Crippen LogP contribution in [0.4, 0.5) is 0 Å². The molecule has 0 spiro atoms. The average Bonchev–Trinajstić information content (AvgIpc) is 2.55. The van der Waals surface area contributed by atoms with Gasteiger partial charge in [-0.05, 0) is 25.8 Å². The molecule has 0 aromatic rings. The molecular formula is C15H21N. The Hall–Kier alpha value is -1.50. The molecule has 1 rings (SSSR count). The van der Waals surface area contributed by atoms with Crippen molar-refractivity contribution < 1.29 is 0 Å². The molecule has 0 amide bonds. The second-order valence-electron chi connectivity index (χ2n) is 4.00. The molecule has 1 nitrogen and oxygen atoms in total. The monoisotopic (exact) mass is 215 g/mol. The van der Waals surface area contributed by atoms with Gasteiger partial charge in [0.1, 0.15) is 0 Å². The summed E-state index contributed by atoms with van der Waals surface area (Å²) in [4.78, 5) is 2.32. The lowest BCUT2D eigenvalue weighted by Gasteiger charge is -2.20. The molecular weight excluding hydrogens is 194 g/mol. The zero-order valence-corrected chi connectivity index (χ0v) is 10.5. The molecule has 0 aromatic heterocycles. The van der Waals surface area contributed by atoms with Crippen molar-refractivity contribution in [3.05, 3.63) is 60.4 Å². The molecule has 0 bridgehead atoms. The van der Waals surface area contributed by atoms with E-state index in [1.54, 1.807) is 0 Å². The lowest BCUT2D eigenvalue weighted by molar-refractivity contribution is 0.387. The highest BCUT2D eigenvalue weighted by Crippen LogP contribution is 2.28. The summed E-state index contributed by atoms with van der Waals surface area (Å²) in [6, 6.07) is 0.487. The van der Waals surface area contributed by atoms with Gasteiger partial charge < -0.3 is 4.90 Å². The summed E-state index contributed by atoms with van der Waals surface area (Å²) in [5, 5.41) is 0. The minimum absolute atomic E-state index is 0.487. The molecule has 0 aromatic carbocycles. The molecule has 16 heavy (non-hydrogen) atoms. The highest BCUT2D eigenvalue weighted by Gasteiger charge is 2.22. The van der Waals surface area contributed by atoms with E-state index in [1.807, 2.05) is 25.2 Å². The maximum absolute atomic E-state index is 3.70. The predicted molar refractivity (Wildman–Crippen MR) is 72.2 cm³/mol. The van der Waals surface area contributed by atoms with Gasteiger partial charge >= 0.3 is 0 Å². The van der Waals surface area contributed by atoms with Gasteiger partial charge in [-0.2, -0.15) is 0 Å². The molecule has 0 aliphatic carbocycles. The predicted octanol–water partition coefficient (Wildman–Crippen LogP) is 3.84. The largest absolute Gasteiger partial charge is 0.371 e. The van der Waals surface area contributed by atoms with Crippen molar-refractivity contribution >= 4 is 0 Å². The fourth-order valence-corrected chi connectivity index (χ4v) is 1.86. The van der Waals surface area contributed by atoms with Crippen LogP contribution in [0.2, 0.25) is 0 Å². The third kappa shape index (κ3) is 2.99. The third-order valence-corrected chi connectivity index (χ3v) is 2.99. The Balaban J connectivity index is 2.72. The molecule has 1 heteroatoms. The lowest BCUT2D eigenvalue weighted by Crippen LogP contribution is -2.22. The van der Waals surface area contributed by atoms with Gasteiger partial charge in [0.2, 0.25) is 0 Å². The van der Waals surface area contributed by atoms with E-state index in [4.69, 9.17) is 0 Å². The van der Waals surface area contributed by atoms with E-state index in [0.29, 0.717) is 6.04 Å². The topological polar surface area (TPSA) is 3.24 Å². The van der Waals surface area contributed by atoms with Gasteiger partial charge in [0.15, 0.2) is 0 Å². The van der Waals surface area contributed by atoms with Crippen molar-refractivity contribution in [2.45, 2.75) is 26.3 Å². The smallest absolute Gasteiger partial charge is 0.0510 e. The fraction of sp³-hybridized carbons (Fsp3) is 0.333. The van der Waals surface area contributed by atoms with Crippen molar-refractivity contribution in [1.82, 2.24) is 4.90 Å². The van der Waals surface area contributed by atoms with Gasteiger partial charge in [-0.15, -0.1) is 0 Å². The number of hydrogen-bond acceptors (Lipinski definition) is 1. The summed E-state index contributed by atoms with van der Waals surface area (Å²) < 4.78 is 0. The van der Waals surface area contributed by atoms with E-state index in [1.165, 1.54) is 11.3 Å². The number of likely N-dealkylation sites (N-methyl/N-ethyl adjacent to an activating group) is 1. The van der Waals surface area contributed by atoms with Gasteiger partial charge in [0.05, 0.1) is 6.04 Å². The van der Waals surface area contributed by atoms with Crippen LogP contribution in [0.25, 0.3) is 0 Å². The summed E-state index contributed by atoms with van der Waals surface area (Å²) in [5.41, 5.74) is 2.76. The van der Waals surface area contributed by atoms with Crippen molar-refractivity contribution in [2.75, 3.05) is 7.05 Å². The molecule has 0 fully saturated rings. The SMILES string of the molecule is C=C/C=C\C1=C(C)N(C)C(/C=C\C=C/C)C1. The van der Waals surface area contributed by atoms with Crippen LogP contribution in [0.5, 0.6) is 0 Å². The van der Waals surface area contributed by atoms with Crippen LogP contribution < -0.4 is 0 Å².